The van der Waals surface area contributed by atoms with Crippen LogP contribution in [-0.2, 0) is 6.61 Å². The number of aliphatic hydroxyl groups excluding tert-OH is 1. The summed E-state index contributed by atoms with van der Waals surface area (Å²) >= 11 is 1.27. The molecule has 0 bridgehead atoms. The number of ether oxygens (including phenoxy) is 1. The number of hydrogen-bond donors (Lipinski definition) is 1. The second kappa shape index (κ2) is 4.92. The zero-order chi connectivity index (χ0) is 11.4. The lowest BCUT2D eigenvalue weighted by molar-refractivity contribution is 0.112. The number of para-hydroxylation sites is 1. The summed E-state index contributed by atoms with van der Waals surface area (Å²) in [5, 5.41) is 9.76. The van der Waals surface area contributed by atoms with Crippen LogP contribution in [0.2, 0.25) is 0 Å². The van der Waals surface area contributed by atoms with E-state index in [2.05, 4.69) is 0 Å². The molecule has 0 saturated carbocycles. The van der Waals surface area contributed by atoms with Gasteiger partial charge in [-0.05, 0) is 18.2 Å². The van der Waals surface area contributed by atoms with Crippen LogP contribution in [0.25, 0.3) is 0 Å². The van der Waals surface area contributed by atoms with Crippen LogP contribution in [0.3, 0.4) is 0 Å². The summed E-state index contributed by atoms with van der Waals surface area (Å²) in [4.78, 5) is 11.1. The number of hydrogen-bond acceptors (Lipinski definition) is 4. The van der Waals surface area contributed by atoms with Crippen molar-refractivity contribution in [1.82, 2.24) is 0 Å². The standard InChI is InChI=1S/C12H10O3S/c13-7-9-3-1-2-4-11(9)15-12-6-5-10(8-14)16-12/h1-6,8,13H,7H2. The fraction of sp³-hybridized carbons (Fsp3) is 0.0833. The third-order valence-corrected chi connectivity index (χ3v) is 2.96. The summed E-state index contributed by atoms with van der Waals surface area (Å²) in [7, 11) is 0. The molecule has 4 heteroatoms. The summed E-state index contributed by atoms with van der Waals surface area (Å²) in [6.45, 7) is -0.0674. The van der Waals surface area contributed by atoms with Gasteiger partial charge in [0.2, 0.25) is 0 Å². The van der Waals surface area contributed by atoms with Crippen molar-refractivity contribution in [1.29, 1.82) is 0 Å². The normalized spacial score (nSPS) is 10.1. The second-order valence-corrected chi connectivity index (χ2v) is 4.22. The van der Waals surface area contributed by atoms with Crippen LogP contribution in [0.4, 0.5) is 0 Å². The molecule has 1 heterocycles. The molecule has 0 aliphatic carbocycles. The van der Waals surface area contributed by atoms with Crippen LogP contribution in [0.5, 0.6) is 10.8 Å². The van der Waals surface area contributed by atoms with E-state index in [1.807, 2.05) is 12.1 Å². The Bertz CT molecular complexity index is 491. The van der Waals surface area contributed by atoms with Gasteiger partial charge in [0, 0.05) is 5.56 Å². The Hall–Kier alpha value is -1.65. The van der Waals surface area contributed by atoms with Crippen LogP contribution in [0, 0.1) is 0 Å². The van der Waals surface area contributed by atoms with Gasteiger partial charge in [0.25, 0.3) is 0 Å². The molecule has 82 valence electrons. The Morgan fingerprint density at radius 3 is 2.75 bits per heavy atom. The molecule has 0 saturated heterocycles. The number of aldehydes is 1. The van der Waals surface area contributed by atoms with E-state index in [1.54, 1.807) is 24.3 Å². The molecular weight excluding hydrogens is 224 g/mol. The Morgan fingerprint density at radius 2 is 2.06 bits per heavy atom. The lowest BCUT2D eigenvalue weighted by Crippen LogP contribution is -1.89. The highest BCUT2D eigenvalue weighted by Gasteiger charge is 2.05. The molecular formula is C12H10O3S. The molecule has 0 spiro atoms. The minimum absolute atomic E-state index is 0.0674. The lowest BCUT2D eigenvalue weighted by Gasteiger charge is -2.06. The summed E-state index contributed by atoms with van der Waals surface area (Å²) in [5.41, 5.74) is 0.726. The van der Waals surface area contributed by atoms with Gasteiger partial charge < -0.3 is 9.84 Å². The first kappa shape index (κ1) is 10.9. The molecule has 16 heavy (non-hydrogen) atoms. The first-order valence-corrected chi connectivity index (χ1v) is 5.57. The highest BCUT2D eigenvalue weighted by atomic mass is 32.1. The van der Waals surface area contributed by atoms with Crippen molar-refractivity contribution < 1.29 is 14.6 Å². The number of carbonyl (C=O) groups is 1. The van der Waals surface area contributed by atoms with E-state index < -0.39 is 0 Å². The average molecular weight is 234 g/mol. The molecule has 0 aliphatic rings. The van der Waals surface area contributed by atoms with Gasteiger partial charge in [0.05, 0.1) is 11.5 Å². The van der Waals surface area contributed by atoms with Crippen molar-refractivity contribution in [3.8, 4) is 10.8 Å². The molecule has 0 radical (unpaired) electrons. The van der Waals surface area contributed by atoms with Crippen LogP contribution >= 0.6 is 11.3 Å². The van der Waals surface area contributed by atoms with E-state index >= 15 is 0 Å². The molecule has 0 unspecified atom stereocenters. The van der Waals surface area contributed by atoms with Gasteiger partial charge in [-0.2, -0.15) is 0 Å². The van der Waals surface area contributed by atoms with Crippen LogP contribution in [0.1, 0.15) is 15.2 Å². The maximum atomic E-state index is 10.5. The number of rotatable bonds is 4. The van der Waals surface area contributed by atoms with Crippen molar-refractivity contribution in [2.45, 2.75) is 6.61 Å². The average Bonchev–Trinajstić information content (AvgIpc) is 2.77. The van der Waals surface area contributed by atoms with Gasteiger partial charge in [-0.15, -0.1) is 0 Å². The Kier molecular flexibility index (Phi) is 3.34. The molecule has 1 N–H and O–H groups in total. The minimum atomic E-state index is -0.0674. The van der Waals surface area contributed by atoms with Gasteiger partial charge in [-0.25, -0.2) is 0 Å². The molecule has 0 aliphatic heterocycles. The first-order chi connectivity index (χ1) is 7.83. The topological polar surface area (TPSA) is 46.5 Å². The number of thiophene rings is 1. The molecule has 0 fully saturated rings. The van der Waals surface area contributed by atoms with E-state index in [0.29, 0.717) is 15.7 Å². The van der Waals surface area contributed by atoms with Gasteiger partial charge in [0.1, 0.15) is 5.75 Å². The molecule has 2 rings (SSSR count). The number of benzene rings is 1. The van der Waals surface area contributed by atoms with E-state index in [1.165, 1.54) is 11.3 Å². The SMILES string of the molecule is O=Cc1ccc(Oc2ccccc2CO)s1. The summed E-state index contributed by atoms with van der Waals surface area (Å²) in [5.74, 6) is 0.615. The molecule has 2 aromatic rings. The van der Waals surface area contributed by atoms with Crippen molar-refractivity contribution in [2.24, 2.45) is 0 Å². The summed E-state index contributed by atoms with van der Waals surface area (Å²) < 4.78 is 5.58. The van der Waals surface area contributed by atoms with E-state index in [0.717, 1.165) is 11.8 Å². The lowest BCUT2D eigenvalue weighted by atomic mass is 10.2. The van der Waals surface area contributed by atoms with Crippen LogP contribution in [-0.4, -0.2) is 11.4 Å². The number of carbonyl (C=O) groups excluding carboxylic acids is 1. The zero-order valence-electron chi connectivity index (χ0n) is 8.42. The number of aliphatic hydroxyl groups is 1. The second-order valence-electron chi connectivity index (χ2n) is 3.14. The molecule has 3 nitrogen and oxygen atoms in total. The van der Waals surface area contributed by atoms with E-state index in [-0.39, 0.29) is 6.61 Å². The van der Waals surface area contributed by atoms with Crippen molar-refractivity contribution in [2.75, 3.05) is 0 Å². The fourth-order valence-electron chi connectivity index (χ4n) is 1.29. The highest BCUT2D eigenvalue weighted by Crippen LogP contribution is 2.30. The van der Waals surface area contributed by atoms with E-state index in [9.17, 15) is 4.79 Å². The van der Waals surface area contributed by atoms with Crippen molar-refractivity contribution in [3.63, 3.8) is 0 Å². The van der Waals surface area contributed by atoms with Gasteiger partial charge in [-0.3, -0.25) is 4.79 Å². The minimum Gasteiger partial charge on any atom is -0.446 e. The van der Waals surface area contributed by atoms with Gasteiger partial charge in [0.15, 0.2) is 11.3 Å². The van der Waals surface area contributed by atoms with Gasteiger partial charge in [-0.1, -0.05) is 29.5 Å². The monoisotopic (exact) mass is 234 g/mol. The third-order valence-electron chi connectivity index (χ3n) is 2.07. The van der Waals surface area contributed by atoms with Gasteiger partial charge >= 0.3 is 0 Å². The first-order valence-electron chi connectivity index (χ1n) is 4.75. The predicted molar refractivity (Wildman–Crippen MR) is 62.1 cm³/mol. The molecule has 1 aromatic heterocycles. The third kappa shape index (κ3) is 2.29. The summed E-state index contributed by atoms with van der Waals surface area (Å²) in [6, 6.07) is 10.7. The van der Waals surface area contributed by atoms with Crippen molar-refractivity contribution in [3.05, 3.63) is 46.8 Å². The molecule has 0 amide bonds. The largest absolute Gasteiger partial charge is 0.446 e. The van der Waals surface area contributed by atoms with E-state index in [4.69, 9.17) is 9.84 Å². The quantitative estimate of drug-likeness (QED) is 0.827. The fourth-order valence-corrected chi connectivity index (χ4v) is 1.98. The maximum Gasteiger partial charge on any atom is 0.181 e. The predicted octanol–water partition coefficient (Wildman–Crippen LogP) is 2.85. The van der Waals surface area contributed by atoms with Crippen LogP contribution < -0.4 is 4.74 Å². The molecule has 1 aromatic carbocycles. The Labute approximate surface area is 96.9 Å². The maximum absolute atomic E-state index is 10.5. The zero-order valence-corrected chi connectivity index (χ0v) is 9.24. The highest BCUT2D eigenvalue weighted by molar-refractivity contribution is 7.15. The van der Waals surface area contributed by atoms with Crippen molar-refractivity contribution >= 4 is 17.6 Å². The Morgan fingerprint density at radius 1 is 1.25 bits per heavy atom. The Balaban J connectivity index is 2.22. The summed E-state index contributed by atoms with van der Waals surface area (Å²) in [6.07, 6.45) is 0.787. The molecule has 0 atom stereocenters. The smallest absolute Gasteiger partial charge is 0.181 e. The van der Waals surface area contributed by atoms with Crippen LogP contribution in [0.15, 0.2) is 36.4 Å².